The van der Waals surface area contributed by atoms with Crippen LogP contribution in [-0.4, -0.2) is 68.8 Å². The molecule has 3 aliphatic heterocycles. The second-order valence-electron chi connectivity index (χ2n) is 9.70. The van der Waals surface area contributed by atoms with Crippen molar-refractivity contribution in [2.75, 3.05) is 38.5 Å². The predicted molar refractivity (Wildman–Crippen MR) is 128 cm³/mol. The van der Waals surface area contributed by atoms with Gasteiger partial charge >= 0.3 is 0 Å². The Morgan fingerprint density at radius 3 is 2.70 bits per heavy atom. The van der Waals surface area contributed by atoms with Crippen molar-refractivity contribution in [3.63, 3.8) is 0 Å². The Morgan fingerprint density at radius 1 is 1.15 bits per heavy atom. The molecular weight excluding hydrogens is 414 g/mol. The normalized spacial score (nSPS) is 19.7. The monoisotopic (exact) mass is 445 g/mol. The van der Waals surface area contributed by atoms with Crippen LogP contribution in [0, 0.1) is 6.92 Å². The molecule has 8 nitrogen and oxygen atoms in total. The summed E-state index contributed by atoms with van der Waals surface area (Å²) in [5.74, 6) is 2.15. The van der Waals surface area contributed by atoms with E-state index in [0.29, 0.717) is 12.5 Å². The lowest BCUT2D eigenvalue weighted by Gasteiger charge is -2.46. The van der Waals surface area contributed by atoms with Crippen LogP contribution in [-0.2, 0) is 13.7 Å². The Balaban J connectivity index is 1.25. The highest BCUT2D eigenvalue weighted by atomic mass is 16.5. The standard InChI is InChI=1S/C25H31N7O/c1-16-24-23(10-22(28-16)17-5-8-32(9-6-17)19-13-30(2)14-19)29-25-21(15-33-24)20(4-7-26-25)18-11-27-31(3)12-18/h4,7,10-12,17,19H,5-6,8-9,13-15H2,1-3H3,(H,26,29). The molecule has 2 saturated heterocycles. The van der Waals surface area contributed by atoms with Gasteiger partial charge in [0.2, 0.25) is 0 Å². The fourth-order valence-electron chi connectivity index (χ4n) is 5.48. The van der Waals surface area contributed by atoms with E-state index in [-0.39, 0.29) is 0 Å². The maximum absolute atomic E-state index is 6.29. The van der Waals surface area contributed by atoms with Gasteiger partial charge < -0.3 is 15.0 Å². The number of likely N-dealkylation sites (N-methyl/N-ethyl adjacent to an activating group) is 1. The zero-order chi connectivity index (χ0) is 22.5. The van der Waals surface area contributed by atoms with E-state index in [1.54, 1.807) is 0 Å². The largest absolute Gasteiger partial charge is 0.485 e. The first-order chi connectivity index (χ1) is 16.0. The first-order valence-corrected chi connectivity index (χ1v) is 11.9. The first kappa shape index (κ1) is 20.6. The maximum Gasteiger partial charge on any atom is 0.164 e. The summed E-state index contributed by atoms with van der Waals surface area (Å²) in [6.45, 7) is 7.22. The third kappa shape index (κ3) is 3.77. The zero-order valence-electron chi connectivity index (χ0n) is 19.6. The number of hydrogen-bond donors (Lipinski definition) is 1. The van der Waals surface area contributed by atoms with Gasteiger partial charge in [-0.3, -0.25) is 14.6 Å². The van der Waals surface area contributed by atoms with E-state index in [4.69, 9.17) is 9.72 Å². The highest BCUT2D eigenvalue weighted by molar-refractivity contribution is 5.76. The van der Waals surface area contributed by atoms with Crippen molar-refractivity contribution in [1.82, 2.24) is 29.5 Å². The first-order valence-electron chi connectivity index (χ1n) is 11.9. The maximum atomic E-state index is 6.29. The van der Waals surface area contributed by atoms with E-state index in [9.17, 15) is 0 Å². The Bertz CT molecular complexity index is 1180. The van der Waals surface area contributed by atoms with Crippen LogP contribution >= 0.6 is 0 Å². The molecule has 0 spiro atoms. The van der Waals surface area contributed by atoms with Gasteiger partial charge in [0.15, 0.2) is 5.75 Å². The second kappa shape index (κ2) is 8.11. The number of piperidine rings is 1. The molecule has 0 atom stereocenters. The average molecular weight is 446 g/mol. The van der Waals surface area contributed by atoms with E-state index >= 15 is 0 Å². The lowest BCUT2D eigenvalue weighted by Crippen LogP contribution is -2.59. The number of likely N-dealkylation sites (tertiary alicyclic amines) is 2. The summed E-state index contributed by atoms with van der Waals surface area (Å²) >= 11 is 0. The van der Waals surface area contributed by atoms with E-state index in [1.807, 2.05) is 36.4 Å². The molecule has 0 radical (unpaired) electrons. The molecule has 0 unspecified atom stereocenters. The van der Waals surface area contributed by atoms with Gasteiger partial charge in [0, 0.05) is 61.3 Å². The molecule has 1 N–H and O–H groups in total. The molecule has 3 aromatic heterocycles. The lowest BCUT2D eigenvalue weighted by molar-refractivity contribution is 0.0360. The van der Waals surface area contributed by atoms with Crippen molar-refractivity contribution in [2.24, 2.45) is 7.05 Å². The number of ether oxygens (including phenoxy) is 1. The van der Waals surface area contributed by atoms with Crippen LogP contribution < -0.4 is 10.1 Å². The molecule has 33 heavy (non-hydrogen) atoms. The van der Waals surface area contributed by atoms with E-state index in [1.165, 1.54) is 18.8 Å². The van der Waals surface area contributed by atoms with Crippen molar-refractivity contribution in [3.05, 3.63) is 47.7 Å². The van der Waals surface area contributed by atoms with Gasteiger partial charge in [-0.1, -0.05) is 0 Å². The Kier molecular flexibility index (Phi) is 5.07. The van der Waals surface area contributed by atoms with Gasteiger partial charge in [-0.2, -0.15) is 5.10 Å². The number of aryl methyl sites for hydroxylation is 2. The minimum Gasteiger partial charge on any atom is -0.485 e. The topological polar surface area (TPSA) is 71.3 Å². The quantitative estimate of drug-likeness (QED) is 0.663. The van der Waals surface area contributed by atoms with Crippen LogP contribution in [0.3, 0.4) is 0 Å². The summed E-state index contributed by atoms with van der Waals surface area (Å²) in [5.41, 5.74) is 6.27. The fraction of sp³-hybridized carbons (Fsp3) is 0.480. The van der Waals surface area contributed by atoms with Gasteiger partial charge in [-0.25, -0.2) is 4.98 Å². The van der Waals surface area contributed by atoms with Crippen molar-refractivity contribution in [2.45, 2.75) is 38.3 Å². The molecule has 0 saturated carbocycles. The second-order valence-corrected chi connectivity index (χ2v) is 9.70. The molecule has 3 aliphatic rings. The molecule has 6 heterocycles. The van der Waals surface area contributed by atoms with Crippen LogP contribution in [0.2, 0.25) is 0 Å². The minimum atomic E-state index is 0.448. The number of nitrogens with zero attached hydrogens (tertiary/aromatic N) is 6. The summed E-state index contributed by atoms with van der Waals surface area (Å²) in [6, 6.07) is 4.96. The van der Waals surface area contributed by atoms with Crippen LogP contribution in [0.4, 0.5) is 11.5 Å². The van der Waals surface area contributed by atoms with Crippen molar-refractivity contribution in [1.29, 1.82) is 0 Å². The minimum absolute atomic E-state index is 0.448. The summed E-state index contributed by atoms with van der Waals surface area (Å²) in [4.78, 5) is 14.7. The van der Waals surface area contributed by atoms with Crippen LogP contribution in [0.15, 0.2) is 30.7 Å². The molecular formula is C25H31N7O. The molecule has 8 heteroatoms. The average Bonchev–Trinajstić information content (AvgIpc) is 3.13. The summed E-state index contributed by atoms with van der Waals surface area (Å²) in [7, 11) is 4.13. The Morgan fingerprint density at radius 2 is 1.97 bits per heavy atom. The van der Waals surface area contributed by atoms with Crippen LogP contribution in [0.1, 0.15) is 35.7 Å². The summed E-state index contributed by atoms with van der Waals surface area (Å²) in [6.07, 6.45) is 8.07. The van der Waals surface area contributed by atoms with Gasteiger partial charge in [0.25, 0.3) is 0 Å². The molecule has 3 aromatic rings. The number of pyridine rings is 2. The molecule has 0 aromatic carbocycles. The van der Waals surface area contributed by atoms with E-state index < -0.39 is 0 Å². The van der Waals surface area contributed by atoms with Gasteiger partial charge in [-0.05, 0) is 57.6 Å². The van der Waals surface area contributed by atoms with Crippen LogP contribution in [0.25, 0.3) is 11.1 Å². The SMILES string of the molecule is Cc1nc(C2CCN(C3CN(C)C3)CC2)cc2c1OCc1c(-c3cnn(C)c3)ccnc1N2. The Hall–Kier alpha value is -2.97. The summed E-state index contributed by atoms with van der Waals surface area (Å²) < 4.78 is 8.11. The summed E-state index contributed by atoms with van der Waals surface area (Å²) in [5, 5.41) is 7.90. The molecule has 6 rings (SSSR count). The number of rotatable bonds is 3. The Labute approximate surface area is 194 Å². The number of aromatic nitrogens is 4. The number of anilines is 2. The van der Waals surface area contributed by atoms with Gasteiger partial charge in [-0.15, -0.1) is 0 Å². The van der Waals surface area contributed by atoms with Gasteiger partial charge in [0.05, 0.1) is 17.6 Å². The third-order valence-corrected chi connectivity index (χ3v) is 7.36. The van der Waals surface area contributed by atoms with Crippen molar-refractivity contribution < 1.29 is 4.74 Å². The van der Waals surface area contributed by atoms with Crippen LogP contribution in [0.5, 0.6) is 5.75 Å². The number of nitrogens with one attached hydrogen (secondary N) is 1. The van der Waals surface area contributed by atoms with E-state index in [0.717, 1.165) is 71.6 Å². The van der Waals surface area contributed by atoms with Gasteiger partial charge in [0.1, 0.15) is 12.4 Å². The number of hydrogen-bond acceptors (Lipinski definition) is 7. The smallest absolute Gasteiger partial charge is 0.164 e. The molecule has 0 amide bonds. The highest BCUT2D eigenvalue weighted by Crippen LogP contribution is 2.40. The van der Waals surface area contributed by atoms with Crippen molar-refractivity contribution in [3.8, 4) is 16.9 Å². The third-order valence-electron chi connectivity index (χ3n) is 7.36. The highest BCUT2D eigenvalue weighted by Gasteiger charge is 2.33. The fourth-order valence-corrected chi connectivity index (χ4v) is 5.48. The number of fused-ring (bicyclic) bond motifs is 2. The van der Waals surface area contributed by atoms with E-state index in [2.05, 4.69) is 45.2 Å². The molecule has 172 valence electrons. The predicted octanol–water partition coefficient (Wildman–Crippen LogP) is 3.31. The lowest BCUT2D eigenvalue weighted by atomic mass is 9.91. The molecule has 0 bridgehead atoms. The zero-order valence-corrected chi connectivity index (χ0v) is 19.6. The molecule has 0 aliphatic carbocycles. The van der Waals surface area contributed by atoms with Crippen molar-refractivity contribution >= 4 is 11.5 Å². The molecule has 2 fully saturated rings.